The molecular formula is C18H18N4O3. The van der Waals surface area contributed by atoms with Crippen LogP contribution in [0, 0.1) is 13.8 Å². The summed E-state index contributed by atoms with van der Waals surface area (Å²) >= 11 is 0. The van der Waals surface area contributed by atoms with Crippen LogP contribution in [-0.2, 0) is 0 Å². The minimum absolute atomic E-state index is 0.00297. The van der Waals surface area contributed by atoms with E-state index in [4.69, 9.17) is 4.74 Å². The third-order valence-electron chi connectivity index (χ3n) is 3.81. The Morgan fingerprint density at radius 2 is 2.00 bits per heavy atom. The van der Waals surface area contributed by atoms with Crippen LogP contribution in [0.5, 0.6) is 11.5 Å². The van der Waals surface area contributed by atoms with Gasteiger partial charge in [0.05, 0.1) is 24.2 Å². The van der Waals surface area contributed by atoms with Crippen LogP contribution in [0.15, 0.2) is 42.5 Å². The Kier molecular flexibility index (Phi) is 4.38. The van der Waals surface area contributed by atoms with Gasteiger partial charge in [0.25, 0.3) is 5.91 Å². The number of carbonyl (C=O) groups is 1. The molecule has 3 rings (SSSR count). The van der Waals surface area contributed by atoms with Gasteiger partial charge in [-0.2, -0.15) is 0 Å². The minimum atomic E-state index is -0.437. The number of nitrogens with one attached hydrogen (secondary N) is 1. The lowest BCUT2D eigenvalue weighted by Crippen LogP contribution is -2.14. The normalized spacial score (nSPS) is 10.5. The Labute approximate surface area is 144 Å². The molecule has 128 valence electrons. The summed E-state index contributed by atoms with van der Waals surface area (Å²) in [7, 11) is 1.58. The molecule has 3 aromatic rings. The molecule has 0 unspecified atom stereocenters. The topological polar surface area (TPSA) is 89.3 Å². The Hall–Kier alpha value is -3.35. The number of anilines is 1. The van der Waals surface area contributed by atoms with Gasteiger partial charge < -0.3 is 15.2 Å². The summed E-state index contributed by atoms with van der Waals surface area (Å²) in [4.78, 5) is 12.5. The second kappa shape index (κ2) is 6.64. The number of amides is 1. The fourth-order valence-corrected chi connectivity index (χ4v) is 2.46. The van der Waals surface area contributed by atoms with E-state index in [2.05, 4.69) is 15.6 Å². The van der Waals surface area contributed by atoms with Crippen LogP contribution in [0.4, 0.5) is 5.69 Å². The zero-order valence-corrected chi connectivity index (χ0v) is 14.1. The number of hydrogen-bond acceptors (Lipinski definition) is 5. The number of carbonyl (C=O) groups excluding carboxylic acids is 1. The van der Waals surface area contributed by atoms with Gasteiger partial charge in [0.15, 0.2) is 5.69 Å². The van der Waals surface area contributed by atoms with Crippen LogP contribution in [0.1, 0.15) is 21.7 Å². The summed E-state index contributed by atoms with van der Waals surface area (Å²) in [6, 6.07) is 12.3. The number of phenolic OH excluding ortho intramolecular Hbond substituents is 1. The standard InChI is InChI=1S/C18H18N4O3/c1-11-7-8-16(23)15(9-11)19-18(24)17-12(2)22(21-20-17)13-5-4-6-14(10-13)25-3/h4-10,23H,1-3H3,(H,19,24). The molecule has 0 aliphatic carbocycles. The number of rotatable bonds is 4. The first-order valence-electron chi connectivity index (χ1n) is 7.67. The van der Waals surface area contributed by atoms with Gasteiger partial charge in [0.1, 0.15) is 11.5 Å². The first-order chi connectivity index (χ1) is 12.0. The molecule has 0 saturated carbocycles. The molecule has 7 nitrogen and oxygen atoms in total. The van der Waals surface area contributed by atoms with Gasteiger partial charge in [-0.15, -0.1) is 5.10 Å². The van der Waals surface area contributed by atoms with Crippen molar-refractivity contribution in [2.24, 2.45) is 0 Å². The van der Waals surface area contributed by atoms with E-state index in [0.29, 0.717) is 17.1 Å². The third-order valence-corrected chi connectivity index (χ3v) is 3.81. The van der Waals surface area contributed by atoms with E-state index < -0.39 is 5.91 Å². The number of aromatic nitrogens is 3. The van der Waals surface area contributed by atoms with Gasteiger partial charge in [0, 0.05) is 6.07 Å². The molecule has 1 aromatic heterocycles. The maximum absolute atomic E-state index is 12.5. The largest absolute Gasteiger partial charge is 0.506 e. The van der Waals surface area contributed by atoms with Crippen LogP contribution in [0.25, 0.3) is 5.69 Å². The van der Waals surface area contributed by atoms with E-state index in [-0.39, 0.29) is 11.4 Å². The molecule has 0 aliphatic rings. The summed E-state index contributed by atoms with van der Waals surface area (Å²) in [6.07, 6.45) is 0. The molecule has 7 heteroatoms. The van der Waals surface area contributed by atoms with Crippen LogP contribution in [0.2, 0.25) is 0 Å². The monoisotopic (exact) mass is 338 g/mol. The molecule has 1 amide bonds. The second-order valence-corrected chi connectivity index (χ2v) is 5.61. The van der Waals surface area contributed by atoms with Crippen molar-refractivity contribution in [1.82, 2.24) is 15.0 Å². The minimum Gasteiger partial charge on any atom is -0.506 e. The van der Waals surface area contributed by atoms with Crippen LogP contribution in [-0.4, -0.2) is 33.1 Å². The van der Waals surface area contributed by atoms with Crippen LogP contribution >= 0.6 is 0 Å². The fraction of sp³-hybridized carbons (Fsp3) is 0.167. The molecular weight excluding hydrogens is 320 g/mol. The maximum Gasteiger partial charge on any atom is 0.278 e. The molecule has 0 spiro atoms. The molecule has 0 bridgehead atoms. The van der Waals surface area contributed by atoms with Crippen molar-refractivity contribution >= 4 is 11.6 Å². The van der Waals surface area contributed by atoms with E-state index >= 15 is 0 Å². The predicted molar refractivity (Wildman–Crippen MR) is 93.4 cm³/mol. The zero-order valence-electron chi connectivity index (χ0n) is 14.1. The number of phenols is 1. The molecule has 0 aliphatic heterocycles. The second-order valence-electron chi connectivity index (χ2n) is 5.61. The summed E-state index contributed by atoms with van der Waals surface area (Å²) < 4.78 is 6.77. The van der Waals surface area contributed by atoms with Gasteiger partial charge in [0.2, 0.25) is 0 Å². The number of nitrogens with zero attached hydrogens (tertiary/aromatic N) is 3. The summed E-state index contributed by atoms with van der Waals surface area (Å²) in [5.74, 6) is 0.243. The van der Waals surface area contributed by atoms with Gasteiger partial charge in [-0.25, -0.2) is 4.68 Å². The number of aromatic hydroxyl groups is 1. The Morgan fingerprint density at radius 1 is 1.20 bits per heavy atom. The summed E-state index contributed by atoms with van der Waals surface area (Å²) in [5, 5.41) is 20.6. The van der Waals surface area contributed by atoms with Crippen molar-refractivity contribution in [2.45, 2.75) is 13.8 Å². The van der Waals surface area contributed by atoms with E-state index in [1.807, 2.05) is 25.1 Å². The quantitative estimate of drug-likeness (QED) is 0.714. The van der Waals surface area contributed by atoms with Crippen molar-refractivity contribution < 1.29 is 14.6 Å². The Bertz CT molecular complexity index is 934. The first-order valence-corrected chi connectivity index (χ1v) is 7.67. The molecule has 0 saturated heterocycles. The molecule has 2 N–H and O–H groups in total. The highest BCUT2D eigenvalue weighted by Crippen LogP contribution is 2.25. The molecule has 0 atom stereocenters. The molecule has 1 heterocycles. The Morgan fingerprint density at radius 3 is 2.76 bits per heavy atom. The fourth-order valence-electron chi connectivity index (χ4n) is 2.46. The molecule has 25 heavy (non-hydrogen) atoms. The van der Waals surface area contributed by atoms with Crippen molar-refractivity contribution in [3.63, 3.8) is 0 Å². The highest BCUT2D eigenvalue weighted by Gasteiger charge is 2.18. The number of ether oxygens (including phenoxy) is 1. The first kappa shape index (κ1) is 16.5. The highest BCUT2D eigenvalue weighted by molar-refractivity contribution is 6.04. The van der Waals surface area contributed by atoms with Crippen LogP contribution < -0.4 is 10.1 Å². The van der Waals surface area contributed by atoms with Crippen molar-refractivity contribution in [1.29, 1.82) is 0 Å². The lowest BCUT2D eigenvalue weighted by atomic mass is 10.2. The van der Waals surface area contributed by atoms with E-state index in [1.54, 1.807) is 36.9 Å². The number of aryl methyl sites for hydroxylation is 1. The number of benzene rings is 2. The maximum atomic E-state index is 12.5. The Balaban J connectivity index is 1.90. The molecule has 2 aromatic carbocycles. The predicted octanol–water partition coefficient (Wildman–Crippen LogP) is 2.85. The number of methoxy groups -OCH3 is 1. The van der Waals surface area contributed by atoms with E-state index in [1.165, 1.54) is 6.07 Å². The summed E-state index contributed by atoms with van der Waals surface area (Å²) in [5.41, 5.74) is 2.76. The smallest absolute Gasteiger partial charge is 0.278 e. The SMILES string of the molecule is COc1cccc(-n2nnc(C(=O)Nc3cc(C)ccc3O)c2C)c1. The lowest BCUT2D eigenvalue weighted by molar-refractivity contribution is 0.102. The molecule has 0 fully saturated rings. The average Bonchev–Trinajstić information content (AvgIpc) is 3.00. The van der Waals surface area contributed by atoms with Crippen LogP contribution in [0.3, 0.4) is 0 Å². The van der Waals surface area contributed by atoms with Gasteiger partial charge in [-0.05, 0) is 43.7 Å². The summed E-state index contributed by atoms with van der Waals surface area (Å²) in [6.45, 7) is 3.63. The van der Waals surface area contributed by atoms with Crippen molar-refractivity contribution in [2.75, 3.05) is 12.4 Å². The van der Waals surface area contributed by atoms with Crippen molar-refractivity contribution in [3.05, 3.63) is 59.4 Å². The highest BCUT2D eigenvalue weighted by atomic mass is 16.5. The van der Waals surface area contributed by atoms with Crippen molar-refractivity contribution in [3.8, 4) is 17.2 Å². The zero-order chi connectivity index (χ0) is 18.0. The van der Waals surface area contributed by atoms with E-state index in [9.17, 15) is 9.90 Å². The van der Waals surface area contributed by atoms with Gasteiger partial charge in [-0.3, -0.25) is 4.79 Å². The average molecular weight is 338 g/mol. The van der Waals surface area contributed by atoms with Gasteiger partial charge >= 0.3 is 0 Å². The number of hydrogen-bond donors (Lipinski definition) is 2. The third kappa shape index (κ3) is 3.30. The van der Waals surface area contributed by atoms with Gasteiger partial charge in [-0.1, -0.05) is 17.3 Å². The lowest BCUT2D eigenvalue weighted by Gasteiger charge is -2.08. The van der Waals surface area contributed by atoms with E-state index in [0.717, 1.165) is 11.3 Å². The molecule has 0 radical (unpaired) electrons.